The lowest BCUT2D eigenvalue weighted by atomic mass is 10.00. The first kappa shape index (κ1) is 30.8. The summed E-state index contributed by atoms with van der Waals surface area (Å²) in [6, 6.07) is 18.0. The van der Waals surface area contributed by atoms with Gasteiger partial charge in [-0.05, 0) is 17.4 Å². The Morgan fingerprint density at radius 2 is 1.82 bits per heavy atom. The molecule has 0 unspecified atom stereocenters. The summed E-state index contributed by atoms with van der Waals surface area (Å²) in [5.74, 6) is -1.36. The van der Waals surface area contributed by atoms with E-state index in [2.05, 4.69) is 20.4 Å². The minimum atomic E-state index is -0.924. The molecule has 45 heavy (non-hydrogen) atoms. The largest absolute Gasteiger partial charge is 0.448 e. The topological polar surface area (TPSA) is 149 Å². The third kappa shape index (κ3) is 6.20. The normalized spacial score (nSPS) is 18.0. The number of nitrogens with two attached hydrogens (primary N) is 1. The number of nitrogens with zero attached hydrogens (tertiary/aromatic N) is 4. The number of carbonyl (C=O) groups is 3. The van der Waals surface area contributed by atoms with Crippen LogP contribution in [0.5, 0.6) is 0 Å². The number of hydrogen-bond acceptors (Lipinski definition) is 13. The number of anilines is 1. The summed E-state index contributed by atoms with van der Waals surface area (Å²) in [4.78, 5) is 56.9. The molecule has 15 heteroatoms. The van der Waals surface area contributed by atoms with Gasteiger partial charge in [0.2, 0.25) is 0 Å². The molecule has 1 fully saturated rings. The van der Waals surface area contributed by atoms with Crippen LogP contribution in [0.25, 0.3) is 5.57 Å². The van der Waals surface area contributed by atoms with Crippen molar-refractivity contribution in [3.05, 3.63) is 99.6 Å². The molecule has 2 aliphatic rings. The predicted octanol–water partition coefficient (Wildman–Crippen LogP) is 4.40. The standard InChI is InChI=1S/C30H26N6O5S4/c1-40-35-21(19-15-44-29(31)33-19)25(37)34-22-26(38)36-23(18(14-43-27(22)36)20-13-32-30(42-2)45-20)28(39)41-24(16-9-5-3-6-10-16)17-11-7-4-8-12-17/h3-13,15,22,24,27H,14H2,1-2H3,(H2,31,33)(H,34,37)/b35-21-/t22-,27-/m1/s1. The summed E-state index contributed by atoms with van der Waals surface area (Å²) in [6.07, 6.45) is 2.92. The zero-order chi connectivity index (χ0) is 31.5. The summed E-state index contributed by atoms with van der Waals surface area (Å²) in [7, 11) is 1.31. The van der Waals surface area contributed by atoms with E-state index in [4.69, 9.17) is 15.3 Å². The van der Waals surface area contributed by atoms with Gasteiger partial charge in [0.15, 0.2) is 16.9 Å². The fourth-order valence-electron chi connectivity index (χ4n) is 4.94. The molecule has 0 saturated carbocycles. The molecule has 2 atom stereocenters. The van der Waals surface area contributed by atoms with Gasteiger partial charge in [-0.25, -0.2) is 14.8 Å². The number of aromatic nitrogens is 2. The number of thioether (sulfide) groups is 2. The van der Waals surface area contributed by atoms with Gasteiger partial charge in [0.05, 0.1) is 4.88 Å². The van der Waals surface area contributed by atoms with Gasteiger partial charge < -0.3 is 20.6 Å². The van der Waals surface area contributed by atoms with Crippen LogP contribution in [0.2, 0.25) is 0 Å². The highest BCUT2D eigenvalue weighted by molar-refractivity contribution is 8.00. The zero-order valence-corrected chi connectivity index (χ0v) is 27.2. The van der Waals surface area contributed by atoms with Gasteiger partial charge in [0.1, 0.15) is 34.3 Å². The lowest BCUT2D eigenvalue weighted by Crippen LogP contribution is -2.71. The average molecular weight is 679 g/mol. The maximum atomic E-state index is 14.2. The molecular formula is C30H26N6O5S4. The van der Waals surface area contributed by atoms with Crippen LogP contribution in [0.15, 0.2) is 87.4 Å². The van der Waals surface area contributed by atoms with E-state index in [1.807, 2.05) is 66.9 Å². The van der Waals surface area contributed by atoms with Crippen molar-refractivity contribution in [3.8, 4) is 0 Å². The highest BCUT2D eigenvalue weighted by Gasteiger charge is 2.55. The van der Waals surface area contributed by atoms with Crippen molar-refractivity contribution in [2.24, 2.45) is 5.16 Å². The van der Waals surface area contributed by atoms with Crippen LogP contribution in [-0.4, -0.2) is 68.9 Å². The summed E-state index contributed by atoms with van der Waals surface area (Å²) < 4.78 is 7.06. The first-order valence-electron chi connectivity index (χ1n) is 13.5. The van der Waals surface area contributed by atoms with Gasteiger partial charge in [-0.1, -0.05) is 77.6 Å². The summed E-state index contributed by atoms with van der Waals surface area (Å²) >= 11 is 5.52. The van der Waals surface area contributed by atoms with E-state index >= 15 is 0 Å². The van der Waals surface area contributed by atoms with Crippen molar-refractivity contribution >= 4 is 80.4 Å². The fraction of sp³-hybridized carbons (Fsp3) is 0.200. The van der Waals surface area contributed by atoms with Crippen molar-refractivity contribution < 1.29 is 24.0 Å². The van der Waals surface area contributed by atoms with Crippen LogP contribution in [0.4, 0.5) is 5.13 Å². The van der Waals surface area contributed by atoms with Crippen molar-refractivity contribution in [2.45, 2.75) is 21.9 Å². The van der Waals surface area contributed by atoms with Gasteiger partial charge in [-0.2, -0.15) is 0 Å². The molecule has 3 N–H and O–H groups in total. The second-order valence-corrected chi connectivity index (χ2v) is 13.8. The minimum Gasteiger partial charge on any atom is -0.448 e. The Hall–Kier alpha value is -4.18. The number of benzene rings is 2. The molecule has 4 aromatic rings. The number of fused-ring (bicyclic) bond motifs is 1. The second kappa shape index (κ2) is 13.4. The molecule has 2 aliphatic heterocycles. The molecule has 1 saturated heterocycles. The van der Waals surface area contributed by atoms with Crippen LogP contribution in [0, 0.1) is 0 Å². The molecule has 4 heterocycles. The Morgan fingerprint density at radius 3 is 2.40 bits per heavy atom. The van der Waals surface area contributed by atoms with Crippen LogP contribution in [0.1, 0.15) is 27.8 Å². The molecule has 2 aromatic carbocycles. The minimum absolute atomic E-state index is 0.115. The number of nitrogens with one attached hydrogen (secondary N) is 1. The number of ether oxygens (including phenoxy) is 1. The number of rotatable bonds is 10. The quantitative estimate of drug-likeness (QED) is 0.0813. The van der Waals surface area contributed by atoms with E-state index < -0.39 is 35.3 Å². The number of β-lactam (4-membered cyclic amide) rings is 1. The Morgan fingerprint density at radius 1 is 1.13 bits per heavy atom. The van der Waals surface area contributed by atoms with E-state index in [1.165, 1.54) is 46.9 Å². The van der Waals surface area contributed by atoms with Crippen molar-refractivity contribution in [1.29, 1.82) is 0 Å². The van der Waals surface area contributed by atoms with E-state index in [0.717, 1.165) is 31.7 Å². The van der Waals surface area contributed by atoms with Gasteiger partial charge in [0.25, 0.3) is 11.8 Å². The number of carbonyl (C=O) groups excluding carboxylic acids is 3. The summed E-state index contributed by atoms with van der Waals surface area (Å²) in [5, 5.41) is 7.84. The maximum absolute atomic E-state index is 14.2. The average Bonchev–Trinajstić information content (AvgIpc) is 3.74. The highest BCUT2D eigenvalue weighted by atomic mass is 32.2. The second-order valence-electron chi connectivity index (χ2n) is 9.68. The van der Waals surface area contributed by atoms with E-state index in [1.54, 1.807) is 11.6 Å². The molecule has 6 rings (SSSR count). The van der Waals surface area contributed by atoms with E-state index in [0.29, 0.717) is 11.3 Å². The van der Waals surface area contributed by atoms with Crippen LogP contribution in [0.3, 0.4) is 0 Å². The van der Waals surface area contributed by atoms with Crippen LogP contribution < -0.4 is 11.1 Å². The van der Waals surface area contributed by atoms with Gasteiger partial charge in [-0.3, -0.25) is 14.5 Å². The highest BCUT2D eigenvalue weighted by Crippen LogP contribution is 2.45. The summed E-state index contributed by atoms with van der Waals surface area (Å²) in [6.45, 7) is 0. The van der Waals surface area contributed by atoms with Crippen molar-refractivity contribution in [3.63, 3.8) is 0 Å². The van der Waals surface area contributed by atoms with E-state index in [9.17, 15) is 14.4 Å². The molecule has 11 nitrogen and oxygen atoms in total. The predicted molar refractivity (Wildman–Crippen MR) is 177 cm³/mol. The lowest BCUT2D eigenvalue weighted by Gasteiger charge is -2.49. The molecular weight excluding hydrogens is 653 g/mol. The van der Waals surface area contributed by atoms with Gasteiger partial charge >= 0.3 is 5.97 Å². The van der Waals surface area contributed by atoms with Gasteiger partial charge in [0, 0.05) is 22.9 Å². The molecule has 230 valence electrons. The SMILES string of the molecule is CO/N=C(\C(=O)N[C@@H]1C(=O)N2C(C(=O)OC(c3ccccc3)c3ccccc3)=C(c3cnc(SC)s3)CS[C@H]12)c1csc(N)n1. The number of esters is 1. The monoisotopic (exact) mass is 678 g/mol. The number of hydrogen-bond donors (Lipinski definition) is 2. The molecule has 2 aromatic heterocycles. The third-order valence-electron chi connectivity index (χ3n) is 7.00. The Kier molecular flexibility index (Phi) is 9.21. The molecule has 0 aliphatic carbocycles. The first-order chi connectivity index (χ1) is 21.9. The fourth-order valence-corrected chi connectivity index (χ4v) is 8.39. The Balaban J connectivity index is 1.32. The lowest BCUT2D eigenvalue weighted by molar-refractivity contribution is -0.154. The zero-order valence-electron chi connectivity index (χ0n) is 23.9. The maximum Gasteiger partial charge on any atom is 0.356 e. The third-order valence-corrected chi connectivity index (χ3v) is 11.0. The number of nitrogen functional groups attached to an aromatic ring is 1. The summed E-state index contributed by atoms with van der Waals surface area (Å²) in [5.41, 5.74) is 8.22. The molecule has 2 amide bonds. The van der Waals surface area contributed by atoms with Crippen molar-refractivity contribution in [1.82, 2.24) is 20.2 Å². The molecule has 0 bridgehead atoms. The Labute approximate surface area is 274 Å². The van der Waals surface area contributed by atoms with Crippen molar-refractivity contribution in [2.75, 3.05) is 24.9 Å². The Bertz CT molecular complexity index is 1750. The smallest absolute Gasteiger partial charge is 0.356 e. The van der Waals surface area contributed by atoms with Crippen LogP contribution >= 0.6 is 46.2 Å². The first-order valence-corrected chi connectivity index (χ1v) is 17.5. The number of thiazole rings is 2. The number of oxime groups is 1. The number of amides is 2. The van der Waals surface area contributed by atoms with Crippen LogP contribution in [-0.2, 0) is 24.0 Å². The molecule has 0 radical (unpaired) electrons. The van der Waals surface area contributed by atoms with E-state index in [-0.39, 0.29) is 22.2 Å². The molecule has 0 spiro atoms. The van der Waals surface area contributed by atoms with Gasteiger partial charge in [-0.15, -0.1) is 34.4 Å².